The minimum absolute atomic E-state index is 0.154. The van der Waals surface area contributed by atoms with E-state index in [9.17, 15) is 0 Å². The number of rotatable bonds is 6. The number of hydrogen-bond donors (Lipinski definition) is 2. The first-order chi connectivity index (χ1) is 9.74. The summed E-state index contributed by atoms with van der Waals surface area (Å²) in [5.41, 5.74) is 9.07. The monoisotopic (exact) mass is 271 g/mol. The van der Waals surface area contributed by atoms with Gasteiger partial charge >= 0.3 is 0 Å². The van der Waals surface area contributed by atoms with Crippen molar-refractivity contribution < 1.29 is 4.74 Å². The van der Waals surface area contributed by atoms with Crippen molar-refractivity contribution in [2.24, 2.45) is 0 Å². The third-order valence-electron chi connectivity index (χ3n) is 3.29. The number of pyridine rings is 1. The summed E-state index contributed by atoms with van der Waals surface area (Å²) in [6, 6.07) is 10.1. The molecule has 2 aromatic rings. The summed E-state index contributed by atoms with van der Waals surface area (Å²) in [5.74, 6) is 0.872. The van der Waals surface area contributed by atoms with E-state index in [1.54, 1.807) is 13.3 Å². The first-order valence-corrected chi connectivity index (χ1v) is 6.80. The van der Waals surface area contributed by atoms with Crippen molar-refractivity contribution in [1.82, 2.24) is 10.3 Å². The molecule has 20 heavy (non-hydrogen) atoms. The van der Waals surface area contributed by atoms with Crippen molar-refractivity contribution in [1.29, 1.82) is 0 Å². The van der Waals surface area contributed by atoms with Crippen LogP contribution in [-0.2, 0) is 6.42 Å². The fourth-order valence-electron chi connectivity index (χ4n) is 2.28. The zero-order chi connectivity index (χ0) is 14.4. The van der Waals surface area contributed by atoms with Crippen molar-refractivity contribution in [3.63, 3.8) is 0 Å². The second kappa shape index (κ2) is 6.91. The molecule has 1 unspecified atom stereocenters. The minimum Gasteiger partial charge on any atom is -0.497 e. The van der Waals surface area contributed by atoms with Gasteiger partial charge in [-0.3, -0.25) is 4.98 Å². The molecule has 1 heterocycles. The van der Waals surface area contributed by atoms with Gasteiger partial charge in [-0.05, 0) is 36.7 Å². The number of nitrogens with zero attached hydrogens (tertiary/aromatic N) is 1. The standard InChI is InChI=1S/C16H21N3O/c1-3-19-16(14-11-18-8-7-15(14)17)10-12-5-4-6-13(9-12)20-2/h4-9,11,16,19H,3,10H2,1-2H3,(H2,17,18). The summed E-state index contributed by atoms with van der Waals surface area (Å²) in [6.07, 6.45) is 4.40. The van der Waals surface area contributed by atoms with Gasteiger partial charge in [-0.1, -0.05) is 19.1 Å². The Bertz CT molecular complexity index is 557. The topological polar surface area (TPSA) is 60.2 Å². The molecule has 3 N–H and O–H groups in total. The molecular weight excluding hydrogens is 250 g/mol. The summed E-state index contributed by atoms with van der Waals surface area (Å²) in [5, 5.41) is 3.46. The van der Waals surface area contributed by atoms with Crippen molar-refractivity contribution >= 4 is 5.69 Å². The first kappa shape index (κ1) is 14.3. The van der Waals surface area contributed by atoms with Crippen LogP contribution in [0.1, 0.15) is 24.1 Å². The van der Waals surface area contributed by atoms with Crippen LogP contribution in [0.5, 0.6) is 5.75 Å². The van der Waals surface area contributed by atoms with Crippen LogP contribution in [0.4, 0.5) is 5.69 Å². The number of likely N-dealkylation sites (N-methyl/N-ethyl adjacent to an activating group) is 1. The van der Waals surface area contributed by atoms with E-state index < -0.39 is 0 Å². The van der Waals surface area contributed by atoms with Gasteiger partial charge in [-0.25, -0.2) is 0 Å². The molecule has 1 atom stereocenters. The number of nitrogen functional groups attached to an aromatic ring is 1. The van der Waals surface area contributed by atoms with Crippen molar-refractivity contribution in [3.05, 3.63) is 53.9 Å². The van der Waals surface area contributed by atoms with Crippen LogP contribution in [-0.4, -0.2) is 18.6 Å². The minimum atomic E-state index is 0.154. The van der Waals surface area contributed by atoms with E-state index in [4.69, 9.17) is 10.5 Å². The Morgan fingerprint density at radius 3 is 2.90 bits per heavy atom. The van der Waals surface area contributed by atoms with Crippen molar-refractivity contribution in [2.75, 3.05) is 19.4 Å². The Hall–Kier alpha value is -2.07. The van der Waals surface area contributed by atoms with Gasteiger partial charge in [0, 0.05) is 29.7 Å². The average Bonchev–Trinajstić information content (AvgIpc) is 2.47. The van der Waals surface area contributed by atoms with Gasteiger partial charge in [-0.15, -0.1) is 0 Å². The molecule has 0 aliphatic carbocycles. The number of benzene rings is 1. The van der Waals surface area contributed by atoms with E-state index in [-0.39, 0.29) is 6.04 Å². The lowest BCUT2D eigenvalue weighted by Gasteiger charge is -2.20. The molecule has 0 spiro atoms. The third kappa shape index (κ3) is 3.48. The van der Waals surface area contributed by atoms with E-state index in [0.29, 0.717) is 0 Å². The lowest BCUT2D eigenvalue weighted by molar-refractivity contribution is 0.414. The lowest BCUT2D eigenvalue weighted by Crippen LogP contribution is -2.24. The predicted octanol–water partition coefficient (Wildman–Crippen LogP) is 2.57. The lowest BCUT2D eigenvalue weighted by atomic mass is 9.99. The number of methoxy groups -OCH3 is 1. The summed E-state index contributed by atoms with van der Waals surface area (Å²) in [7, 11) is 1.68. The van der Waals surface area contributed by atoms with Crippen LogP contribution < -0.4 is 15.8 Å². The normalized spacial score (nSPS) is 12.1. The maximum absolute atomic E-state index is 6.06. The molecule has 0 fully saturated rings. The molecular formula is C16H21N3O. The molecule has 0 aliphatic rings. The van der Waals surface area contributed by atoms with Crippen LogP contribution in [0, 0.1) is 0 Å². The van der Waals surface area contributed by atoms with Gasteiger partial charge < -0.3 is 15.8 Å². The second-order valence-electron chi connectivity index (χ2n) is 4.67. The van der Waals surface area contributed by atoms with Crippen LogP contribution >= 0.6 is 0 Å². The van der Waals surface area contributed by atoms with E-state index in [2.05, 4.69) is 29.4 Å². The van der Waals surface area contributed by atoms with Gasteiger partial charge in [0.15, 0.2) is 0 Å². The van der Waals surface area contributed by atoms with Crippen molar-refractivity contribution in [2.45, 2.75) is 19.4 Å². The summed E-state index contributed by atoms with van der Waals surface area (Å²) in [6.45, 7) is 2.97. The Morgan fingerprint density at radius 1 is 1.35 bits per heavy atom. The predicted molar refractivity (Wildman–Crippen MR) is 81.8 cm³/mol. The maximum Gasteiger partial charge on any atom is 0.119 e. The first-order valence-electron chi connectivity index (χ1n) is 6.80. The summed E-state index contributed by atoms with van der Waals surface area (Å²) >= 11 is 0. The highest BCUT2D eigenvalue weighted by atomic mass is 16.5. The number of ether oxygens (including phenoxy) is 1. The van der Waals surface area contributed by atoms with E-state index >= 15 is 0 Å². The van der Waals surface area contributed by atoms with E-state index in [1.165, 1.54) is 5.56 Å². The smallest absolute Gasteiger partial charge is 0.119 e. The molecule has 4 nitrogen and oxygen atoms in total. The zero-order valence-electron chi connectivity index (χ0n) is 12.0. The van der Waals surface area contributed by atoms with Gasteiger partial charge in [0.2, 0.25) is 0 Å². The van der Waals surface area contributed by atoms with Crippen LogP contribution in [0.2, 0.25) is 0 Å². The van der Waals surface area contributed by atoms with E-state index in [0.717, 1.165) is 30.0 Å². The molecule has 0 radical (unpaired) electrons. The molecule has 0 saturated carbocycles. The Kier molecular flexibility index (Phi) is 4.96. The highest BCUT2D eigenvalue weighted by molar-refractivity contribution is 5.47. The number of nitrogens with one attached hydrogen (secondary N) is 1. The van der Waals surface area contributed by atoms with E-state index in [1.807, 2.05) is 24.4 Å². The molecule has 0 saturated heterocycles. The van der Waals surface area contributed by atoms with Crippen LogP contribution in [0.3, 0.4) is 0 Å². The van der Waals surface area contributed by atoms with Gasteiger partial charge in [0.25, 0.3) is 0 Å². The number of nitrogens with two attached hydrogens (primary N) is 1. The Labute approximate surface area is 120 Å². The molecule has 4 heteroatoms. The molecule has 0 bridgehead atoms. The summed E-state index contributed by atoms with van der Waals surface area (Å²) in [4.78, 5) is 4.18. The zero-order valence-corrected chi connectivity index (χ0v) is 12.0. The largest absolute Gasteiger partial charge is 0.497 e. The number of aromatic nitrogens is 1. The highest BCUT2D eigenvalue weighted by Crippen LogP contribution is 2.24. The molecule has 106 valence electrons. The fraction of sp³-hybridized carbons (Fsp3) is 0.312. The fourth-order valence-corrected chi connectivity index (χ4v) is 2.28. The summed E-state index contributed by atoms with van der Waals surface area (Å²) < 4.78 is 5.27. The van der Waals surface area contributed by atoms with Crippen LogP contribution in [0.15, 0.2) is 42.7 Å². The second-order valence-corrected chi connectivity index (χ2v) is 4.67. The maximum atomic E-state index is 6.06. The molecule has 0 aliphatic heterocycles. The molecule has 1 aromatic heterocycles. The molecule has 0 amide bonds. The van der Waals surface area contributed by atoms with Gasteiger partial charge in [-0.2, -0.15) is 0 Å². The average molecular weight is 271 g/mol. The quantitative estimate of drug-likeness (QED) is 0.847. The van der Waals surface area contributed by atoms with Crippen molar-refractivity contribution in [3.8, 4) is 5.75 Å². The highest BCUT2D eigenvalue weighted by Gasteiger charge is 2.14. The molecule has 2 rings (SSSR count). The van der Waals surface area contributed by atoms with Gasteiger partial charge in [0.1, 0.15) is 5.75 Å². The van der Waals surface area contributed by atoms with Gasteiger partial charge in [0.05, 0.1) is 7.11 Å². The Morgan fingerprint density at radius 2 is 2.20 bits per heavy atom. The Balaban J connectivity index is 2.23. The third-order valence-corrected chi connectivity index (χ3v) is 3.29. The molecule has 1 aromatic carbocycles. The SMILES string of the molecule is CCNC(Cc1cccc(OC)c1)c1cnccc1N. The number of hydrogen-bond acceptors (Lipinski definition) is 4. The number of anilines is 1. The van der Waals surface area contributed by atoms with Crippen LogP contribution in [0.25, 0.3) is 0 Å².